The van der Waals surface area contributed by atoms with E-state index in [9.17, 15) is 22.8 Å². The van der Waals surface area contributed by atoms with Crippen LogP contribution in [0.1, 0.15) is 34.4 Å². The number of carbonyl (C=O) groups excluding carboxylic acids is 1. The van der Waals surface area contributed by atoms with Crippen molar-refractivity contribution in [3.63, 3.8) is 0 Å². The monoisotopic (exact) mass is 586 g/mol. The molecule has 1 aliphatic carbocycles. The summed E-state index contributed by atoms with van der Waals surface area (Å²) in [6.45, 7) is 3.91. The molecule has 3 aromatic heterocycles. The lowest BCUT2D eigenvalue weighted by molar-refractivity contribution is -0.113. The molecule has 200 valence electrons. The summed E-state index contributed by atoms with van der Waals surface area (Å²) in [7, 11) is 0. The largest absolute Gasteiger partial charge is 0.301 e. The summed E-state index contributed by atoms with van der Waals surface area (Å²) in [5, 5.41) is 3.61. The van der Waals surface area contributed by atoms with Gasteiger partial charge >= 0.3 is 0 Å². The Hall–Kier alpha value is -3.22. The summed E-state index contributed by atoms with van der Waals surface area (Å²) in [5.74, 6) is -4.92. The molecular formula is C27H21F3N4O2S3. The number of halogens is 3. The van der Waals surface area contributed by atoms with Crippen molar-refractivity contribution in [3.05, 3.63) is 73.6 Å². The maximum atomic E-state index is 14.1. The van der Waals surface area contributed by atoms with Gasteiger partial charge in [0.25, 0.3) is 5.56 Å². The molecule has 0 unspecified atom stereocenters. The fraction of sp³-hybridized carbons (Fsp3) is 0.259. The highest BCUT2D eigenvalue weighted by atomic mass is 32.2. The van der Waals surface area contributed by atoms with Crippen LogP contribution in [-0.2, 0) is 17.6 Å². The van der Waals surface area contributed by atoms with Crippen molar-refractivity contribution < 1.29 is 18.0 Å². The molecule has 0 spiro atoms. The van der Waals surface area contributed by atoms with Gasteiger partial charge < -0.3 is 5.32 Å². The van der Waals surface area contributed by atoms with Gasteiger partial charge in [0.1, 0.15) is 10.3 Å². The van der Waals surface area contributed by atoms with Gasteiger partial charge in [-0.3, -0.25) is 14.2 Å². The molecule has 0 fully saturated rings. The number of thiophene rings is 1. The SMILES string of the molecule is Cc1ccc(-n2c(SCC(=O)Nc3nc4c(F)c(F)c(F)cc4s3)nc3sc4c(c3c2=O)CCCC4)c(C)c1. The second-order valence-electron chi connectivity index (χ2n) is 9.40. The van der Waals surface area contributed by atoms with Crippen LogP contribution in [0.15, 0.2) is 34.2 Å². The first-order chi connectivity index (χ1) is 18.7. The van der Waals surface area contributed by atoms with E-state index in [2.05, 4.69) is 10.3 Å². The topological polar surface area (TPSA) is 76.9 Å². The van der Waals surface area contributed by atoms with Crippen LogP contribution in [0.3, 0.4) is 0 Å². The molecular weight excluding hydrogens is 566 g/mol. The van der Waals surface area contributed by atoms with Crippen LogP contribution in [0.2, 0.25) is 0 Å². The number of rotatable bonds is 5. The molecule has 0 bridgehead atoms. The zero-order chi connectivity index (χ0) is 27.4. The van der Waals surface area contributed by atoms with Gasteiger partial charge in [0, 0.05) is 4.88 Å². The third-order valence-corrected chi connectivity index (χ3v) is 9.69. The Morgan fingerprint density at radius 2 is 1.87 bits per heavy atom. The number of thioether (sulfide) groups is 1. The van der Waals surface area contributed by atoms with E-state index in [4.69, 9.17) is 4.98 Å². The van der Waals surface area contributed by atoms with Crippen molar-refractivity contribution in [1.82, 2.24) is 14.5 Å². The fourth-order valence-corrected chi connectivity index (χ4v) is 7.88. The van der Waals surface area contributed by atoms with Crippen molar-refractivity contribution in [2.75, 3.05) is 11.1 Å². The normalized spacial score (nSPS) is 13.3. The summed E-state index contributed by atoms with van der Waals surface area (Å²) in [6, 6.07) is 6.66. The summed E-state index contributed by atoms with van der Waals surface area (Å²) in [6.07, 6.45) is 3.90. The van der Waals surface area contributed by atoms with Gasteiger partial charge in [0.05, 0.1) is 21.5 Å². The number of thiazole rings is 1. The Morgan fingerprint density at radius 1 is 1.08 bits per heavy atom. The molecule has 1 aliphatic rings. The Balaban J connectivity index is 1.35. The first-order valence-corrected chi connectivity index (χ1v) is 14.8. The zero-order valence-electron chi connectivity index (χ0n) is 20.9. The quantitative estimate of drug-likeness (QED) is 0.141. The van der Waals surface area contributed by atoms with Crippen molar-refractivity contribution >= 4 is 65.9 Å². The lowest BCUT2D eigenvalue weighted by atomic mass is 9.97. The van der Waals surface area contributed by atoms with Gasteiger partial charge in [-0.2, -0.15) is 0 Å². The summed E-state index contributed by atoms with van der Waals surface area (Å²) < 4.78 is 42.9. The minimum absolute atomic E-state index is 0.0145. The average molecular weight is 587 g/mol. The fourth-order valence-electron chi connectivity index (χ4n) is 4.87. The van der Waals surface area contributed by atoms with Crippen molar-refractivity contribution in [1.29, 1.82) is 0 Å². The van der Waals surface area contributed by atoms with E-state index in [0.29, 0.717) is 21.1 Å². The smallest absolute Gasteiger partial charge is 0.267 e. The predicted octanol–water partition coefficient (Wildman–Crippen LogP) is 6.70. The standard InChI is InChI=1S/C27H21F3N4O2S3/c1-12-7-8-16(13(2)9-12)34-25(36)20-14-5-3-4-6-17(14)38-24(20)33-27(34)37-11-19(35)31-26-32-23-18(39-26)10-15(28)21(29)22(23)30/h7-10H,3-6,11H2,1-2H3,(H,31,32,35). The van der Waals surface area contributed by atoms with E-state index >= 15 is 0 Å². The number of amides is 1. The number of carbonyl (C=O) groups is 1. The second-order valence-corrected chi connectivity index (χ2v) is 12.5. The van der Waals surface area contributed by atoms with Crippen LogP contribution in [0.25, 0.3) is 26.1 Å². The van der Waals surface area contributed by atoms with Gasteiger partial charge in [-0.15, -0.1) is 11.3 Å². The molecule has 3 heterocycles. The van der Waals surface area contributed by atoms with E-state index in [1.54, 1.807) is 4.57 Å². The third-order valence-electron chi connectivity index (χ3n) is 6.65. The van der Waals surface area contributed by atoms with Crippen LogP contribution < -0.4 is 10.9 Å². The van der Waals surface area contributed by atoms with Crippen LogP contribution in [0.5, 0.6) is 0 Å². The Kier molecular flexibility index (Phi) is 6.72. The molecule has 1 N–H and O–H groups in total. The van der Waals surface area contributed by atoms with Gasteiger partial charge in [-0.1, -0.05) is 40.8 Å². The van der Waals surface area contributed by atoms with E-state index < -0.39 is 23.4 Å². The first-order valence-electron chi connectivity index (χ1n) is 12.2. The highest BCUT2D eigenvalue weighted by Gasteiger charge is 2.24. The molecule has 2 aromatic carbocycles. The first kappa shape index (κ1) is 26.0. The van der Waals surface area contributed by atoms with Crippen LogP contribution in [-0.4, -0.2) is 26.2 Å². The number of nitrogens with one attached hydrogen (secondary N) is 1. The Labute approximate surface area is 232 Å². The van der Waals surface area contributed by atoms with E-state index in [0.717, 1.165) is 71.5 Å². The minimum atomic E-state index is -1.61. The number of anilines is 1. The van der Waals surface area contributed by atoms with Crippen LogP contribution in [0, 0.1) is 31.3 Å². The van der Waals surface area contributed by atoms with Gasteiger partial charge in [0.15, 0.2) is 27.7 Å². The highest BCUT2D eigenvalue weighted by Crippen LogP contribution is 2.36. The third kappa shape index (κ3) is 4.64. The molecule has 0 saturated carbocycles. The van der Waals surface area contributed by atoms with Crippen molar-refractivity contribution in [2.24, 2.45) is 0 Å². The molecule has 5 aromatic rings. The molecule has 0 atom stereocenters. The Bertz CT molecular complexity index is 1860. The Morgan fingerprint density at radius 3 is 2.67 bits per heavy atom. The molecule has 6 rings (SSSR count). The summed E-state index contributed by atoms with van der Waals surface area (Å²) in [4.78, 5) is 37.4. The number of hydrogen-bond donors (Lipinski definition) is 1. The number of nitrogens with zero attached hydrogens (tertiary/aromatic N) is 3. The number of aromatic nitrogens is 3. The van der Waals surface area contributed by atoms with E-state index in [1.807, 2.05) is 32.0 Å². The summed E-state index contributed by atoms with van der Waals surface area (Å²) >= 11 is 3.48. The predicted molar refractivity (Wildman–Crippen MR) is 150 cm³/mol. The lowest BCUT2D eigenvalue weighted by Gasteiger charge is -2.15. The number of hydrogen-bond acceptors (Lipinski definition) is 7. The second kappa shape index (κ2) is 10.1. The summed E-state index contributed by atoms with van der Waals surface area (Å²) in [5.41, 5.74) is 3.25. The van der Waals surface area contributed by atoms with Gasteiger partial charge in [-0.05, 0) is 62.8 Å². The molecule has 0 radical (unpaired) electrons. The van der Waals surface area contributed by atoms with E-state index in [-0.39, 0.29) is 26.7 Å². The van der Waals surface area contributed by atoms with Crippen molar-refractivity contribution in [2.45, 2.75) is 44.7 Å². The van der Waals surface area contributed by atoms with E-state index in [1.165, 1.54) is 16.2 Å². The average Bonchev–Trinajstić information content (AvgIpc) is 3.47. The van der Waals surface area contributed by atoms with Gasteiger partial charge in [-0.25, -0.2) is 23.1 Å². The molecule has 39 heavy (non-hydrogen) atoms. The number of benzene rings is 2. The highest BCUT2D eigenvalue weighted by molar-refractivity contribution is 7.99. The number of fused-ring (bicyclic) bond motifs is 4. The molecule has 6 nitrogen and oxygen atoms in total. The van der Waals surface area contributed by atoms with Gasteiger partial charge in [0.2, 0.25) is 5.91 Å². The molecule has 12 heteroatoms. The maximum absolute atomic E-state index is 14.1. The minimum Gasteiger partial charge on any atom is -0.301 e. The lowest BCUT2D eigenvalue weighted by Crippen LogP contribution is -2.24. The zero-order valence-corrected chi connectivity index (χ0v) is 23.3. The van der Waals surface area contributed by atoms with Crippen LogP contribution in [0.4, 0.5) is 18.3 Å². The van der Waals surface area contributed by atoms with Crippen LogP contribution >= 0.6 is 34.4 Å². The van der Waals surface area contributed by atoms with Crippen molar-refractivity contribution in [3.8, 4) is 5.69 Å². The molecule has 1 amide bonds. The number of aryl methyl sites for hydroxylation is 4. The molecule has 0 saturated heterocycles. The molecule has 0 aliphatic heterocycles. The maximum Gasteiger partial charge on any atom is 0.267 e.